The van der Waals surface area contributed by atoms with Crippen molar-refractivity contribution in [3.05, 3.63) is 35.4 Å². The van der Waals surface area contributed by atoms with Crippen LogP contribution in [0.4, 0.5) is 13.2 Å². The number of aryl methyl sites for hydroxylation is 1. The van der Waals surface area contributed by atoms with E-state index < -0.39 is 24.5 Å². The van der Waals surface area contributed by atoms with Crippen LogP contribution in [0.5, 0.6) is 0 Å². The Morgan fingerprint density at radius 1 is 1.35 bits per heavy atom. The normalized spacial score (nSPS) is 13.2. The zero-order valence-electron chi connectivity index (χ0n) is 9.64. The Morgan fingerprint density at radius 2 is 1.94 bits per heavy atom. The first-order valence-corrected chi connectivity index (χ1v) is 5.19. The minimum absolute atomic E-state index is 0.470. The molecule has 1 amide bonds. The van der Waals surface area contributed by atoms with Gasteiger partial charge in [0, 0.05) is 6.92 Å². The molecule has 0 heterocycles. The molecule has 0 aliphatic rings. The van der Waals surface area contributed by atoms with Crippen LogP contribution >= 0.6 is 0 Å². The van der Waals surface area contributed by atoms with Gasteiger partial charge in [-0.1, -0.05) is 24.3 Å². The maximum absolute atomic E-state index is 12.4. The van der Waals surface area contributed by atoms with Crippen molar-refractivity contribution in [3.63, 3.8) is 0 Å². The second-order valence-electron chi connectivity index (χ2n) is 3.93. The largest absolute Gasteiger partial charge is 0.391 e. The molecular formula is C12H14F3NO. The Hall–Kier alpha value is -1.52. The molecule has 5 heteroatoms. The fourth-order valence-electron chi connectivity index (χ4n) is 1.69. The predicted molar refractivity (Wildman–Crippen MR) is 58.4 cm³/mol. The summed E-state index contributed by atoms with van der Waals surface area (Å²) in [6.07, 6.45) is -5.37. The lowest BCUT2D eigenvalue weighted by Gasteiger charge is -2.21. The molecule has 1 aromatic rings. The summed E-state index contributed by atoms with van der Waals surface area (Å²) >= 11 is 0. The third kappa shape index (κ3) is 4.46. The van der Waals surface area contributed by atoms with E-state index in [0.717, 1.165) is 5.56 Å². The van der Waals surface area contributed by atoms with Gasteiger partial charge in [-0.3, -0.25) is 4.79 Å². The number of amides is 1. The molecule has 1 atom stereocenters. The lowest BCUT2D eigenvalue weighted by molar-refractivity contribution is -0.142. The van der Waals surface area contributed by atoms with E-state index in [9.17, 15) is 18.0 Å². The summed E-state index contributed by atoms with van der Waals surface area (Å²) in [5.41, 5.74) is 1.23. The number of hydrogen-bond donors (Lipinski definition) is 1. The monoisotopic (exact) mass is 245 g/mol. The fraction of sp³-hybridized carbons (Fsp3) is 0.417. The van der Waals surface area contributed by atoms with E-state index >= 15 is 0 Å². The maximum atomic E-state index is 12.4. The fourth-order valence-corrected chi connectivity index (χ4v) is 1.69. The molecular weight excluding hydrogens is 231 g/mol. The van der Waals surface area contributed by atoms with Crippen molar-refractivity contribution in [2.45, 2.75) is 32.5 Å². The first-order chi connectivity index (χ1) is 7.79. The van der Waals surface area contributed by atoms with Gasteiger partial charge in [0.25, 0.3) is 0 Å². The molecule has 0 unspecified atom stereocenters. The minimum Gasteiger partial charge on any atom is -0.349 e. The summed E-state index contributed by atoms with van der Waals surface area (Å²) in [5, 5.41) is 2.33. The van der Waals surface area contributed by atoms with Crippen LogP contribution in [0.2, 0.25) is 0 Å². The topological polar surface area (TPSA) is 29.1 Å². The van der Waals surface area contributed by atoms with Crippen molar-refractivity contribution in [2.75, 3.05) is 0 Å². The molecule has 1 N–H and O–H groups in total. The van der Waals surface area contributed by atoms with Crippen molar-refractivity contribution >= 4 is 5.91 Å². The van der Waals surface area contributed by atoms with E-state index in [0.29, 0.717) is 5.56 Å². The summed E-state index contributed by atoms with van der Waals surface area (Å²) in [6.45, 7) is 2.93. The van der Waals surface area contributed by atoms with E-state index in [1.54, 1.807) is 31.2 Å². The Balaban J connectivity index is 2.98. The number of hydrogen-bond acceptors (Lipinski definition) is 1. The standard InChI is InChI=1S/C12H14F3NO/c1-8-5-3-4-6-10(8)11(16-9(2)17)7-12(13,14)15/h3-6,11H,7H2,1-2H3,(H,16,17)/t11-/m1/s1. The summed E-state index contributed by atoms with van der Waals surface area (Å²) in [4.78, 5) is 10.9. The lowest BCUT2D eigenvalue weighted by atomic mass is 9.98. The highest BCUT2D eigenvalue weighted by Gasteiger charge is 2.33. The van der Waals surface area contributed by atoms with Crippen LogP contribution in [0.1, 0.15) is 30.5 Å². The molecule has 0 radical (unpaired) electrons. The first kappa shape index (κ1) is 13.5. The van der Waals surface area contributed by atoms with Crippen molar-refractivity contribution in [1.29, 1.82) is 0 Å². The average Bonchev–Trinajstić information content (AvgIpc) is 2.14. The number of rotatable bonds is 3. The summed E-state index contributed by atoms with van der Waals surface area (Å²) < 4.78 is 37.3. The van der Waals surface area contributed by atoms with Crippen molar-refractivity contribution in [1.82, 2.24) is 5.32 Å². The van der Waals surface area contributed by atoms with Gasteiger partial charge in [0.2, 0.25) is 5.91 Å². The van der Waals surface area contributed by atoms with Gasteiger partial charge < -0.3 is 5.32 Å². The van der Waals surface area contributed by atoms with Crippen LogP contribution in [0.15, 0.2) is 24.3 Å². The molecule has 2 nitrogen and oxygen atoms in total. The van der Waals surface area contributed by atoms with Gasteiger partial charge in [-0.05, 0) is 18.1 Å². The number of carbonyl (C=O) groups is 1. The van der Waals surface area contributed by atoms with Gasteiger partial charge in [0.15, 0.2) is 0 Å². The van der Waals surface area contributed by atoms with Gasteiger partial charge in [-0.15, -0.1) is 0 Å². The quantitative estimate of drug-likeness (QED) is 0.870. The van der Waals surface area contributed by atoms with Gasteiger partial charge in [0.05, 0.1) is 12.5 Å². The zero-order chi connectivity index (χ0) is 13.1. The average molecular weight is 245 g/mol. The van der Waals surface area contributed by atoms with E-state index in [4.69, 9.17) is 0 Å². The second kappa shape index (κ2) is 5.21. The number of halogens is 3. The third-order valence-electron chi connectivity index (χ3n) is 2.38. The molecule has 17 heavy (non-hydrogen) atoms. The predicted octanol–water partition coefficient (Wildman–Crippen LogP) is 3.12. The van der Waals surface area contributed by atoms with Crippen LogP contribution in [0.25, 0.3) is 0 Å². The smallest absolute Gasteiger partial charge is 0.349 e. The molecule has 0 saturated heterocycles. The highest BCUT2D eigenvalue weighted by Crippen LogP contribution is 2.30. The molecule has 0 aliphatic heterocycles. The third-order valence-corrected chi connectivity index (χ3v) is 2.38. The summed E-state index contributed by atoms with van der Waals surface area (Å²) in [5.74, 6) is -0.470. The van der Waals surface area contributed by atoms with Gasteiger partial charge in [0.1, 0.15) is 0 Å². The summed E-state index contributed by atoms with van der Waals surface area (Å²) in [6, 6.07) is 5.71. The molecule has 94 valence electrons. The molecule has 1 rings (SSSR count). The van der Waals surface area contributed by atoms with Crippen molar-refractivity contribution in [2.24, 2.45) is 0 Å². The number of alkyl halides is 3. The highest BCUT2D eigenvalue weighted by atomic mass is 19.4. The Labute approximate surface area is 97.8 Å². The molecule has 0 spiro atoms. The van der Waals surface area contributed by atoms with Crippen LogP contribution in [0.3, 0.4) is 0 Å². The Morgan fingerprint density at radius 3 is 2.41 bits per heavy atom. The SMILES string of the molecule is CC(=O)N[C@H](CC(F)(F)F)c1ccccc1C. The van der Waals surface area contributed by atoms with E-state index in [2.05, 4.69) is 5.32 Å². The first-order valence-electron chi connectivity index (χ1n) is 5.19. The Bertz CT molecular complexity index is 401. The molecule has 0 saturated carbocycles. The van der Waals surface area contributed by atoms with Crippen molar-refractivity contribution in [3.8, 4) is 0 Å². The molecule has 0 fully saturated rings. The molecule has 0 bridgehead atoms. The number of benzene rings is 1. The van der Waals surface area contributed by atoms with E-state index in [-0.39, 0.29) is 0 Å². The molecule has 0 aromatic heterocycles. The number of nitrogens with one attached hydrogen (secondary N) is 1. The van der Waals surface area contributed by atoms with Crippen LogP contribution < -0.4 is 5.32 Å². The maximum Gasteiger partial charge on any atom is 0.391 e. The van der Waals surface area contributed by atoms with E-state index in [1.165, 1.54) is 6.92 Å². The van der Waals surface area contributed by atoms with E-state index in [1.807, 2.05) is 0 Å². The van der Waals surface area contributed by atoms with Crippen LogP contribution in [-0.2, 0) is 4.79 Å². The van der Waals surface area contributed by atoms with Gasteiger partial charge >= 0.3 is 6.18 Å². The van der Waals surface area contributed by atoms with Gasteiger partial charge in [-0.2, -0.15) is 13.2 Å². The lowest BCUT2D eigenvalue weighted by Crippen LogP contribution is -2.30. The van der Waals surface area contributed by atoms with Crippen molar-refractivity contribution < 1.29 is 18.0 Å². The van der Waals surface area contributed by atoms with Crippen LogP contribution in [0, 0.1) is 6.92 Å². The minimum atomic E-state index is -4.31. The summed E-state index contributed by atoms with van der Waals surface area (Å²) in [7, 11) is 0. The molecule has 0 aliphatic carbocycles. The Kier molecular flexibility index (Phi) is 4.15. The highest BCUT2D eigenvalue weighted by molar-refractivity contribution is 5.73. The second-order valence-corrected chi connectivity index (χ2v) is 3.93. The molecule has 1 aromatic carbocycles. The zero-order valence-corrected chi connectivity index (χ0v) is 9.64. The van der Waals surface area contributed by atoms with Gasteiger partial charge in [-0.25, -0.2) is 0 Å². The van der Waals surface area contributed by atoms with Crippen LogP contribution in [-0.4, -0.2) is 12.1 Å². The number of carbonyl (C=O) groups excluding carboxylic acids is 1.